The Morgan fingerprint density at radius 1 is 0.938 bits per heavy atom. The molecule has 0 saturated carbocycles. The second-order valence-electron chi connectivity index (χ2n) is 6.59. The Hall–Kier alpha value is -3.46. The molecule has 5 nitrogen and oxygen atoms in total. The number of halogens is 3. The van der Waals surface area contributed by atoms with E-state index < -0.39 is 17.6 Å². The average Bonchev–Trinajstić information content (AvgIpc) is 2.77. The van der Waals surface area contributed by atoms with Crippen molar-refractivity contribution in [1.29, 1.82) is 0 Å². The van der Waals surface area contributed by atoms with Crippen LogP contribution in [0.25, 0.3) is 0 Å². The van der Waals surface area contributed by atoms with Crippen LogP contribution in [-0.2, 0) is 11.0 Å². The molecule has 3 aromatic rings. The highest BCUT2D eigenvalue weighted by Crippen LogP contribution is 2.34. The Morgan fingerprint density at radius 3 is 2.44 bits per heavy atom. The van der Waals surface area contributed by atoms with Gasteiger partial charge < -0.3 is 15.4 Å². The largest absolute Gasteiger partial charge is 0.497 e. The Labute approximate surface area is 187 Å². The lowest BCUT2D eigenvalue weighted by atomic mass is 10.1. The van der Waals surface area contributed by atoms with Crippen molar-refractivity contribution in [3.63, 3.8) is 0 Å². The van der Waals surface area contributed by atoms with Gasteiger partial charge in [-0.25, -0.2) is 0 Å². The number of rotatable bonds is 7. The first-order chi connectivity index (χ1) is 15.3. The zero-order valence-corrected chi connectivity index (χ0v) is 17.7. The Kier molecular flexibility index (Phi) is 7.42. The minimum atomic E-state index is -4.56. The monoisotopic (exact) mass is 460 g/mol. The van der Waals surface area contributed by atoms with Crippen LogP contribution in [0, 0.1) is 0 Å². The van der Waals surface area contributed by atoms with Gasteiger partial charge in [-0.1, -0.05) is 24.3 Å². The van der Waals surface area contributed by atoms with Crippen molar-refractivity contribution in [1.82, 2.24) is 0 Å². The topological polar surface area (TPSA) is 67.4 Å². The predicted octanol–water partition coefficient (Wildman–Crippen LogP) is 5.70. The van der Waals surface area contributed by atoms with Crippen molar-refractivity contribution in [2.45, 2.75) is 11.1 Å². The summed E-state index contributed by atoms with van der Waals surface area (Å²) < 4.78 is 44.3. The molecule has 0 aliphatic rings. The van der Waals surface area contributed by atoms with E-state index in [1.165, 1.54) is 25.3 Å². The van der Waals surface area contributed by atoms with Gasteiger partial charge in [0.25, 0.3) is 5.91 Å². The van der Waals surface area contributed by atoms with Gasteiger partial charge in [0.15, 0.2) is 0 Å². The number of thioether (sulfide) groups is 1. The summed E-state index contributed by atoms with van der Waals surface area (Å²) in [6.07, 6.45) is -4.56. The van der Waals surface area contributed by atoms with Gasteiger partial charge in [-0.05, 0) is 48.5 Å². The highest BCUT2D eigenvalue weighted by molar-refractivity contribution is 8.00. The third-order valence-electron chi connectivity index (χ3n) is 4.30. The van der Waals surface area contributed by atoms with E-state index in [-0.39, 0.29) is 17.3 Å². The molecule has 9 heteroatoms. The zero-order chi connectivity index (χ0) is 23.1. The van der Waals surface area contributed by atoms with Crippen LogP contribution < -0.4 is 15.4 Å². The van der Waals surface area contributed by atoms with E-state index in [9.17, 15) is 22.8 Å². The lowest BCUT2D eigenvalue weighted by molar-refractivity contribution is -0.137. The number of hydrogen-bond acceptors (Lipinski definition) is 4. The Morgan fingerprint density at radius 2 is 1.69 bits per heavy atom. The van der Waals surface area contributed by atoms with Gasteiger partial charge in [0, 0.05) is 16.1 Å². The number of benzene rings is 3. The van der Waals surface area contributed by atoms with E-state index in [2.05, 4.69) is 10.6 Å². The third-order valence-corrected chi connectivity index (χ3v) is 5.29. The number of methoxy groups -OCH3 is 1. The van der Waals surface area contributed by atoms with Gasteiger partial charge in [0.2, 0.25) is 5.91 Å². The molecule has 32 heavy (non-hydrogen) atoms. The molecule has 3 aromatic carbocycles. The molecular formula is C23H19F3N2O3S. The molecule has 0 fully saturated rings. The van der Waals surface area contributed by atoms with Crippen LogP contribution in [0.3, 0.4) is 0 Å². The smallest absolute Gasteiger partial charge is 0.418 e. The van der Waals surface area contributed by atoms with Crippen molar-refractivity contribution in [3.05, 3.63) is 83.9 Å². The van der Waals surface area contributed by atoms with Crippen LogP contribution in [0.5, 0.6) is 5.75 Å². The first-order valence-corrected chi connectivity index (χ1v) is 10.4. The summed E-state index contributed by atoms with van der Waals surface area (Å²) in [7, 11) is 1.51. The Bertz CT molecular complexity index is 1120. The summed E-state index contributed by atoms with van der Waals surface area (Å²) in [5.74, 6) is -0.440. The molecule has 0 radical (unpaired) electrons. The molecule has 0 aliphatic carbocycles. The first-order valence-electron chi connectivity index (χ1n) is 9.40. The molecule has 0 atom stereocenters. The summed E-state index contributed by atoms with van der Waals surface area (Å²) in [4.78, 5) is 25.3. The molecule has 3 rings (SSSR count). The van der Waals surface area contributed by atoms with Crippen molar-refractivity contribution in [3.8, 4) is 5.75 Å². The van der Waals surface area contributed by atoms with Crippen LogP contribution in [0.1, 0.15) is 15.9 Å². The van der Waals surface area contributed by atoms with E-state index in [1.54, 1.807) is 48.5 Å². The van der Waals surface area contributed by atoms with Gasteiger partial charge >= 0.3 is 6.18 Å². The number of anilines is 2. The second kappa shape index (κ2) is 10.2. The van der Waals surface area contributed by atoms with Crippen molar-refractivity contribution in [2.24, 2.45) is 0 Å². The van der Waals surface area contributed by atoms with Crippen LogP contribution >= 0.6 is 11.8 Å². The molecule has 2 amide bonds. The molecular weight excluding hydrogens is 441 g/mol. The molecule has 0 spiro atoms. The predicted molar refractivity (Wildman–Crippen MR) is 118 cm³/mol. The number of nitrogens with one attached hydrogen (secondary N) is 2. The second-order valence-corrected chi connectivity index (χ2v) is 7.64. The fourth-order valence-electron chi connectivity index (χ4n) is 2.81. The quantitative estimate of drug-likeness (QED) is 0.444. The number of amides is 2. The minimum Gasteiger partial charge on any atom is -0.497 e. The minimum absolute atomic E-state index is 0.0977. The van der Waals surface area contributed by atoms with Crippen molar-refractivity contribution in [2.75, 3.05) is 23.5 Å². The average molecular weight is 460 g/mol. The zero-order valence-electron chi connectivity index (χ0n) is 16.9. The summed E-state index contributed by atoms with van der Waals surface area (Å²) in [5, 5.41) is 5.07. The molecule has 0 heterocycles. The number of carbonyl (C=O) groups is 2. The third kappa shape index (κ3) is 6.27. The van der Waals surface area contributed by atoms with E-state index in [4.69, 9.17) is 4.74 Å². The summed E-state index contributed by atoms with van der Waals surface area (Å²) in [6.45, 7) is 0. The number of ether oxygens (including phenoxy) is 1. The maximum atomic E-state index is 13.1. The normalized spacial score (nSPS) is 11.0. The maximum Gasteiger partial charge on any atom is 0.418 e. The number of para-hydroxylation sites is 1. The highest BCUT2D eigenvalue weighted by Gasteiger charge is 2.33. The summed E-state index contributed by atoms with van der Waals surface area (Å²) in [6, 6.07) is 18.3. The molecule has 166 valence electrons. The number of hydrogen-bond donors (Lipinski definition) is 2. The van der Waals surface area contributed by atoms with Crippen molar-refractivity contribution < 1.29 is 27.5 Å². The van der Waals surface area contributed by atoms with Crippen molar-refractivity contribution >= 4 is 35.0 Å². The molecule has 0 unspecified atom stereocenters. The van der Waals surface area contributed by atoms with Crippen LogP contribution in [-0.4, -0.2) is 24.7 Å². The first kappa shape index (κ1) is 23.2. The molecule has 0 aromatic heterocycles. The van der Waals surface area contributed by atoms with E-state index in [0.29, 0.717) is 21.9 Å². The Balaban J connectivity index is 1.60. The fourth-order valence-corrected chi connectivity index (χ4v) is 3.56. The van der Waals surface area contributed by atoms with Crippen LogP contribution in [0.2, 0.25) is 0 Å². The molecule has 0 saturated heterocycles. The van der Waals surface area contributed by atoms with Crippen LogP contribution in [0.4, 0.5) is 24.5 Å². The highest BCUT2D eigenvalue weighted by atomic mass is 32.2. The number of carbonyl (C=O) groups excluding carboxylic acids is 2. The van der Waals surface area contributed by atoms with E-state index >= 15 is 0 Å². The van der Waals surface area contributed by atoms with Gasteiger partial charge in [-0.2, -0.15) is 13.2 Å². The summed E-state index contributed by atoms with van der Waals surface area (Å²) >= 11 is 1.14. The lowest BCUT2D eigenvalue weighted by Gasteiger charge is -2.13. The maximum absolute atomic E-state index is 13.1. The molecule has 0 aliphatic heterocycles. The number of alkyl halides is 3. The lowest BCUT2D eigenvalue weighted by Crippen LogP contribution is -2.18. The standard InChI is InChI=1S/C23H19F3N2O3S/c1-31-17-8-4-6-15(12-17)22(30)27-16-7-5-9-18(13-16)32-14-21(29)28-20-11-3-2-10-19(20)23(24,25)26/h2-13H,14H2,1H3,(H,27,30)(H,28,29). The molecule has 2 N–H and O–H groups in total. The van der Waals surface area contributed by atoms with Gasteiger partial charge in [-0.3, -0.25) is 9.59 Å². The molecule has 0 bridgehead atoms. The van der Waals surface area contributed by atoms with Gasteiger partial charge in [0.05, 0.1) is 24.1 Å². The van der Waals surface area contributed by atoms with E-state index in [1.807, 2.05) is 0 Å². The van der Waals surface area contributed by atoms with Gasteiger partial charge in [-0.15, -0.1) is 11.8 Å². The van der Waals surface area contributed by atoms with E-state index in [0.717, 1.165) is 17.8 Å². The fraction of sp³-hybridized carbons (Fsp3) is 0.130. The summed E-state index contributed by atoms with van der Waals surface area (Å²) in [5.41, 5.74) is -0.249. The van der Waals surface area contributed by atoms with Gasteiger partial charge in [0.1, 0.15) is 5.75 Å². The van der Waals surface area contributed by atoms with Crippen LogP contribution in [0.15, 0.2) is 77.7 Å². The SMILES string of the molecule is COc1cccc(C(=O)Nc2cccc(SCC(=O)Nc3ccccc3C(F)(F)F)c2)c1.